The van der Waals surface area contributed by atoms with Crippen LogP contribution in [0.2, 0.25) is 5.02 Å². The number of aromatic nitrogens is 1. The summed E-state index contributed by atoms with van der Waals surface area (Å²) >= 11 is 6.56. The smallest absolute Gasteiger partial charge is 0.294 e. The number of carbonyl (C=O) groups is 2. The van der Waals surface area contributed by atoms with Gasteiger partial charge in [-0.3, -0.25) is 19.7 Å². The van der Waals surface area contributed by atoms with Crippen LogP contribution in [0.25, 0.3) is 11.3 Å². The fraction of sp³-hybridized carbons (Fsp3) is 0.303. The normalized spacial score (nSPS) is 14.6. The van der Waals surface area contributed by atoms with Gasteiger partial charge in [-0.05, 0) is 62.2 Å². The number of hydrogen-bond donors (Lipinski definition) is 1. The Morgan fingerprint density at radius 1 is 0.978 bits per heavy atom. The highest BCUT2D eigenvalue weighted by atomic mass is 35.5. The van der Waals surface area contributed by atoms with Crippen molar-refractivity contribution in [3.8, 4) is 17.0 Å². The number of rotatable bonds is 8. The van der Waals surface area contributed by atoms with Crippen LogP contribution in [0, 0.1) is 24.0 Å². The van der Waals surface area contributed by atoms with Gasteiger partial charge < -0.3 is 29.3 Å². The molecule has 2 fully saturated rings. The lowest BCUT2D eigenvalue weighted by Crippen LogP contribution is -2.49. The lowest BCUT2D eigenvalue weighted by molar-refractivity contribution is -0.383. The number of piperazine rings is 1. The largest absolute Gasteiger partial charge is 0.496 e. The molecule has 0 spiro atoms. The van der Waals surface area contributed by atoms with E-state index in [1.165, 1.54) is 12.1 Å². The molecule has 3 aromatic carbocycles. The molecule has 0 radical (unpaired) electrons. The maximum Gasteiger partial charge on any atom is 0.294 e. The third-order valence-electron chi connectivity index (χ3n) is 8.51. The number of nitrogens with one attached hydrogen (secondary N) is 1. The predicted octanol–water partition coefficient (Wildman–Crippen LogP) is 5.95. The average Bonchev–Trinajstić information content (AvgIpc) is 3.42. The minimum absolute atomic E-state index is 0.0407. The number of anilines is 3. The molecule has 2 amide bonds. The van der Waals surface area contributed by atoms with Gasteiger partial charge in [0.05, 0.1) is 22.7 Å². The lowest BCUT2D eigenvalue weighted by Gasteiger charge is -2.36. The summed E-state index contributed by atoms with van der Waals surface area (Å²) in [6.07, 6.45) is 1.14. The van der Waals surface area contributed by atoms with E-state index < -0.39 is 10.8 Å². The Balaban J connectivity index is 1.19. The van der Waals surface area contributed by atoms with Crippen LogP contribution in [0.5, 0.6) is 5.75 Å². The molecule has 3 heterocycles. The summed E-state index contributed by atoms with van der Waals surface area (Å²) in [4.78, 5) is 44.2. The summed E-state index contributed by atoms with van der Waals surface area (Å²) in [6, 6.07) is 15.5. The molecule has 0 aliphatic carbocycles. The molecule has 238 valence electrons. The first-order chi connectivity index (χ1) is 22.2. The number of nitro benzene ring substituents is 1. The van der Waals surface area contributed by atoms with Gasteiger partial charge in [0.1, 0.15) is 28.5 Å². The van der Waals surface area contributed by atoms with E-state index in [9.17, 15) is 19.7 Å². The van der Waals surface area contributed by atoms with Gasteiger partial charge in [0.2, 0.25) is 0 Å². The Hall–Kier alpha value is -5.10. The quantitative estimate of drug-likeness (QED) is 0.182. The van der Waals surface area contributed by atoms with Crippen molar-refractivity contribution in [2.75, 3.05) is 61.5 Å². The van der Waals surface area contributed by atoms with Gasteiger partial charge in [0, 0.05) is 62.1 Å². The number of benzene rings is 3. The van der Waals surface area contributed by atoms with E-state index in [0.717, 1.165) is 30.8 Å². The van der Waals surface area contributed by atoms with Crippen LogP contribution < -0.4 is 19.9 Å². The van der Waals surface area contributed by atoms with Crippen molar-refractivity contribution < 1.29 is 23.8 Å². The van der Waals surface area contributed by atoms with Crippen molar-refractivity contribution in [2.45, 2.75) is 20.3 Å². The second-order valence-electron chi connectivity index (χ2n) is 11.3. The number of methoxy groups -OCH3 is 1. The van der Waals surface area contributed by atoms with Gasteiger partial charge >= 0.3 is 0 Å². The molecule has 0 atom stereocenters. The Morgan fingerprint density at radius 2 is 1.70 bits per heavy atom. The highest BCUT2D eigenvalue weighted by molar-refractivity contribution is 6.33. The zero-order valence-corrected chi connectivity index (χ0v) is 26.5. The monoisotopic (exact) mass is 644 g/mol. The SMILES string of the molecule is COc1ccccc1-c1noc(C)c1C(=O)N1CCN(c2cc(NC(=O)c3ccc(N4CCC4)c(C)c3)c([N+](=O)[O-])cc2Cl)CC1. The Morgan fingerprint density at radius 3 is 2.35 bits per heavy atom. The number of aryl methyl sites for hydroxylation is 2. The van der Waals surface area contributed by atoms with Crippen LogP contribution in [0.4, 0.5) is 22.7 Å². The van der Waals surface area contributed by atoms with Crippen molar-refractivity contribution in [3.63, 3.8) is 0 Å². The number of nitrogens with zero attached hydrogens (tertiary/aromatic N) is 5. The van der Waals surface area contributed by atoms with Crippen molar-refractivity contribution in [2.24, 2.45) is 0 Å². The van der Waals surface area contributed by atoms with Crippen LogP contribution in [0.3, 0.4) is 0 Å². The lowest BCUT2D eigenvalue weighted by atomic mass is 10.0. The first kappa shape index (κ1) is 30.9. The molecule has 0 unspecified atom stereocenters. The second kappa shape index (κ2) is 12.7. The number of amides is 2. The van der Waals surface area contributed by atoms with Crippen molar-refractivity contribution in [1.29, 1.82) is 0 Å². The van der Waals surface area contributed by atoms with Gasteiger partial charge in [-0.25, -0.2) is 0 Å². The summed E-state index contributed by atoms with van der Waals surface area (Å²) in [6.45, 7) is 7.13. The van der Waals surface area contributed by atoms with Crippen molar-refractivity contribution >= 4 is 46.2 Å². The molecule has 1 aromatic heterocycles. The Bertz CT molecular complexity index is 1830. The van der Waals surface area contributed by atoms with Gasteiger partial charge in [-0.2, -0.15) is 0 Å². The van der Waals surface area contributed by atoms with E-state index in [1.807, 2.05) is 36.1 Å². The maximum absolute atomic E-state index is 13.7. The molecule has 2 aliphatic rings. The molecule has 12 nitrogen and oxygen atoms in total. The zero-order chi connectivity index (χ0) is 32.5. The second-order valence-corrected chi connectivity index (χ2v) is 11.7. The van der Waals surface area contributed by atoms with Crippen LogP contribution in [-0.2, 0) is 0 Å². The minimum Gasteiger partial charge on any atom is -0.496 e. The molecule has 6 rings (SSSR count). The van der Waals surface area contributed by atoms with E-state index in [4.69, 9.17) is 20.9 Å². The first-order valence-corrected chi connectivity index (χ1v) is 15.3. The molecule has 1 N–H and O–H groups in total. The van der Waals surface area contributed by atoms with Gasteiger partial charge in [-0.15, -0.1) is 0 Å². The molecule has 13 heteroatoms. The third-order valence-corrected chi connectivity index (χ3v) is 8.81. The summed E-state index contributed by atoms with van der Waals surface area (Å²) in [5.74, 6) is 0.291. The number of para-hydroxylation sites is 1. The number of ether oxygens (including phenoxy) is 1. The fourth-order valence-corrected chi connectivity index (χ4v) is 6.18. The molecule has 4 aromatic rings. The van der Waals surface area contributed by atoms with Crippen LogP contribution in [0.15, 0.2) is 59.1 Å². The number of nitro groups is 1. The predicted molar refractivity (Wildman–Crippen MR) is 175 cm³/mol. The average molecular weight is 645 g/mol. The van der Waals surface area contributed by atoms with Crippen molar-refractivity contribution in [1.82, 2.24) is 10.1 Å². The highest BCUT2D eigenvalue weighted by Gasteiger charge is 2.31. The van der Waals surface area contributed by atoms with Crippen LogP contribution in [-0.4, -0.2) is 73.2 Å². The molecule has 0 bridgehead atoms. The number of hydrogen-bond acceptors (Lipinski definition) is 9. The molecular weight excluding hydrogens is 612 g/mol. The first-order valence-electron chi connectivity index (χ1n) is 14.9. The van der Waals surface area contributed by atoms with Gasteiger partial charge in [-0.1, -0.05) is 28.9 Å². The van der Waals surface area contributed by atoms with E-state index in [0.29, 0.717) is 65.8 Å². The summed E-state index contributed by atoms with van der Waals surface area (Å²) in [5, 5.41) is 19.0. The number of halogens is 1. The highest BCUT2D eigenvalue weighted by Crippen LogP contribution is 2.38. The van der Waals surface area contributed by atoms with E-state index in [2.05, 4.69) is 15.4 Å². The van der Waals surface area contributed by atoms with Crippen molar-refractivity contribution in [3.05, 3.63) is 92.2 Å². The molecule has 46 heavy (non-hydrogen) atoms. The fourth-order valence-electron chi connectivity index (χ4n) is 5.90. The van der Waals surface area contributed by atoms with Crippen LogP contribution in [0.1, 0.15) is 38.5 Å². The molecule has 0 saturated carbocycles. The minimum atomic E-state index is -0.569. The molecule has 2 saturated heterocycles. The summed E-state index contributed by atoms with van der Waals surface area (Å²) < 4.78 is 10.9. The van der Waals surface area contributed by atoms with E-state index in [-0.39, 0.29) is 22.3 Å². The zero-order valence-electron chi connectivity index (χ0n) is 25.7. The standard InChI is InChI=1S/C33H33ClN6O6/c1-20-17-22(9-10-26(20)37-11-6-12-37)32(41)35-25-19-27(24(34)18-28(25)40(43)44)38-13-15-39(16-14-38)33(42)30-21(2)46-36-31(30)23-7-4-5-8-29(23)45-3/h4-5,7-10,17-19H,6,11-16H2,1-3H3,(H,35,41). The summed E-state index contributed by atoms with van der Waals surface area (Å²) in [7, 11) is 1.55. The molecule has 2 aliphatic heterocycles. The van der Waals surface area contributed by atoms with Gasteiger partial charge in [0.15, 0.2) is 0 Å². The van der Waals surface area contributed by atoms with E-state index >= 15 is 0 Å². The molecular formula is C33H33ClN6O6. The van der Waals surface area contributed by atoms with Gasteiger partial charge in [0.25, 0.3) is 17.5 Å². The number of carbonyl (C=O) groups excluding carboxylic acids is 2. The topological polar surface area (TPSA) is 134 Å². The maximum atomic E-state index is 13.7. The third kappa shape index (κ3) is 5.83. The summed E-state index contributed by atoms with van der Waals surface area (Å²) in [5.41, 5.74) is 4.12. The van der Waals surface area contributed by atoms with E-state index in [1.54, 1.807) is 37.1 Å². The Labute approximate surface area is 270 Å². The Kier molecular flexibility index (Phi) is 8.55. The van der Waals surface area contributed by atoms with Crippen LogP contribution >= 0.6 is 11.6 Å².